The fourth-order valence-electron chi connectivity index (χ4n) is 1.53. The van der Waals surface area contributed by atoms with Gasteiger partial charge in [0.2, 0.25) is 0 Å². The fraction of sp³-hybridized carbons (Fsp3) is 0.273. The normalized spacial score (nSPS) is 11.3. The first-order valence-electron chi connectivity index (χ1n) is 6.62. The standard InChI is InChI=1S/C11H15N7O8/c12-6-4(8(21)14-3(1-19)10(23)24)15-7(13)5(16-6)9(22)17-18(2-20)11(25)26/h3,19-20H,1-2H2,(H2,12,16)(H2,13,15)(H,14,21)(H,17,22)(H,23,24)(H,25,26)/t3-/m1/s1. The van der Waals surface area contributed by atoms with Gasteiger partial charge in [-0.25, -0.2) is 19.6 Å². The molecule has 0 aliphatic carbocycles. The summed E-state index contributed by atoms with van der Waals surface area (Å²) in [6, 6.07) is -1.64. The van der Waals surface area contributed by atoms with Crippen molar-refractivity contribution in [1.82, 2.24) is 25.7 Å². The molecule has 142 valence electrons. The highest BCUT2D eigenvalue weighted by atomic mass is 16.4. The number of nitrogens with zero attached hydrogens (tertiary/aromatic N) is 3. The summed E-state index contributed by atoms with van der Waals surface area (Å²) >= 11 is 0. The number of hydrazine groups is 1. The first-order chi connectivity index (χ1) is 12.1. The number of nitrogen functional groups attached to an aromatic ring is 2. The van der Waals surface area contributed by atoms with E-state index in [2.05, 4.69) is 9.97 Å². The van der Waals surface area contributed by atoms with Crippen molar-refractivity contribution in [2.75, 3.05) is 24.8 Å². The molecule has 1 heterocycles. The van der Waals surface area contributed by atoms with Crippen molar-refractivity contribution >= 4 is 35.5 Å². The minimum Gasteiger partial charge on any atom is -0.480 e. The number of carboxylic acid groups (broad SMARTS) is 2. The Morgan fingerprint density at radius 1 is 1.00 bits per heavy atom. The largest absolute Gasteiger partial charge is 0.480 e. The number of hydrogen-bond acceptors (Lipinski definition) is 10. The zero-order valence-electron chi connectivity index (χ0n) is 12.9. The minimum absolute atomic E-state index is 0.110. The van der Waals surface area contributed by atoms with Crippen molar-refractivity contribution in [2.24, 2.45) is 0 Å². The first-order valence-corrected chi connectivity index (χ1v) is 6.62. The summed E-state index contributed by atoms with van der Waals surface area (Å²) in [5.41, 5.74) is 11.5. The summed E-state index contributed by atoms with van der Waals surface area (Å²) in [4.78, 5) is 52.4. The third-order valence-electron chi connectivity index (χ3n) is 2.77. The number of carbonyl (C=O) groups is 4. The Balaban J connectivity index is 3.07. The molecule has 0 aliphatic rings. The summed E-state index contributed by atoms with van der Waals surface area (Å²) in [5.74, 6) is -5.08. The van der Waals surface area contributed by atoms with Gasteiger partial charge in [0.1, 0.15) is 6.73 Å². The molecule has 26 heavy (non-hydrogen) atoms. The van der Waals surface area contributed by atoms with E-state index in [0.717, 1.165) is 0 Å². The Hall–Kier alpha value is -3.72. The Morgan fingerprint density at radius 3 is 1.88 bits per heavy atom. The molecule has 0 unspecified atom stereocenters. The molecular weight excluding hydrogens is 358 g/mol. The van der Waals surface area contributed by atoms with Gasteiger partial charge in [0.25, 0.3) is 11.8 Å². The molecule has 0 fully saturated rings. The molecule has 0 radical (unpaired) electrons. The molecule has 1 rings (SSSR count). The van der Waals surface area contributed by atoms with Crippen molar-refractivity contribution in [1.29, 1.82) is 0 Å². The average Bonchev–Trinajstić information content (AvgIpc) is 2.57. The van der Waals surface area contributed by atoms with Gasteiger partial charge in [-0.3, -0.25) is 15.0 Å². The Labute approximate surface area is 144 Å². The number of aliphatic carboxylic acids is 1. The number of aliphatic hydroxyl groups excluding tert-OH is 2. The maximum Gasteiger partial charge on any atom is 0.428 e. The van der Waals surface area contributed by atoms with Crippen molar-refractivity contribution in [3.8, 4) is 0 Å². The molecule has 10 N–H and O–H groups in total. The van der Waals surface area contributed by atoms with Crippen LogP contribution in [0.2, 0.25) is 0 Å². The molecule has 1 atom stereocenters. The molecule has 0 saturated carbocycles. The number of nitrogens with one attached hydrogen (secondary N) is 2. The minimum atomic E-state index is -1.68. The molecule has 15 heteroatoms. The van der Waals surface area contributed by atoms with Gasteiger partial charge in [0, 0.05) is 0 Å². The third kappa shape index (κ3) is 4.65. The van der Waals surface area contributed by atoms with E-state index in [0.29, 0.717) is 0 Å². The quantitative estimate of drug-likeness (QED) is 0.178. The van der Waals surface area contributed by atoms with E-state index in [9.17, 15) is 19.2 Å². The van der Waals surface area contributed by atoms with Crippen molar-refractivity contribution in [3.63, 3.8) is 0 Å². The summed E-state index contributed by atoms with van der Waals surface area (Å²) in [7, 11) is 0. The van der Waals surface area contributed by atoms with E-state index in [1.54, 1.807) is 5.43 Å². The van der Waals surface area contributed by atoms with Gasteiger partial charge >= 0.3 is 12.1 Å². The monoisotopic (exact) mass is 373 g/mol. The van der Waals surface area contributed by atoms with E-state index in [4.69, 9.17) is 31.9 Å². The van der Waals surface area contributed by atoms with Crippen molar-refractivity contribution in [3.05, 3.63) is 11.4 Å². The van der Waals surface area contributed by atoms with Crippen LogP contribution in [-0.4, -0.2) is 78.7 Å². The lowest BCUT2D eigenvalue weighted by Gasteiger charge is -2.17. The smallest absolute Gasteiger partial charge is 0.428 e. The van der Waals surface area contributed by atoms with E-state index in [-0.39, 0.29) is 5.01 Å². The molecule has 1 aromatic heterocycles. The van der Waals surface area contributed by atoms with Gasteiger partial charge in [0.05, 0.1) is 6.61 Å². The van der Waals surface area contributed by atoms with Gasteiger partial charge in [-0.2, -0.15) is 5.01 Å². The highest BCUT2D eigenvalue weighted by molar-refractivity contribution is 6.02. The highest BCUT2D eigenvalue weighted by Crippen LogP contribution is 2.13. The fourth-order valence-corrected chi connectivity index (χ4v) is 1.53. The zero-order chi connectivity index (χ0) is 20.0. The number of amides is 3. The summed E-state index contributed by atoms with van der Waals surface area (Å²) in [6.07, 6.45) is -1.68. The van der Waals surface area contributed by atoms with Crippen LogP contribution in [0.1, 0.15) is 21.0 Å². The molecule has 0 spiro atoms. The first kappa shape index (κ1) is 20.3. The zero-order valence-corrected chi connectivity index (χ0v) is 12.9. The number of anilines is 2. The van der Waals surface area contributed by atoms with E-state index in [1.165, 1.54) is 0 Å². The Morgan fingerprint density at radius 2 is 1.50 bits per heavy atom. The van der Waals surface area contributed by atoms with Crippen molar-refractivity contribution < 1.29 is 39.6 Å². The van der Waals surface area contributed by atoms with Crippen LogP contribution in [0.4, 0.5) is 16.4 Å². The number of aliphatic hydroxyl groups is 2. The summed E-state index contributed by atoms with van der Waals surface area (Å²) in [6.45, 7) is -1.97. The SMILES string of the molecule is Nc1nc(C(=O)NN(CO)C(=O)O)c(N)nc1C(=O)N[C@H](CO)C(=O)O. The van der Waals surface area contributed by atoms with Gasteiger partial charge in [-0.15, -0.1) is 0 Å². The molecule has 0 bridgehead atoms. The molecule has 0 aliphatic heterocycles. The van der Waals surface area contributed by atoms with E-state index in [1.807, 2.05) is 5.32 Å². The van der Waals surface area contributed by atoms with Gasteiger partial charge in [-0.1, -0.05) is 0 Å². The number of aromatic nitrogens is 2. The number of rotatable bonds is 6. The lowest BCUT2D eigenvalue weighted by atomic mass is 10.2. The van der Waals surface area contributed by atoms with E-state index >= 15 is 0 Å². The Bertz CT molecular complexity index is 678. The predicted molar refractivity (Wildman–Crippen MR) is 81.2 cm³/mol. The van der Waals surface area contributed by atoms with Crippen molar-refractivity contribution in [2.45, 2.75) is 6.04 Å². The molecule has 0 aromatic carbocycles. The second kappa shape index (κ2) is 8.40. The van der Waals surface area contributed by atoms with E-state index < -0.39 is 66.3 Å². The molecular formula is C11H15N7O8. The van der Waals surface area contributed by atoms with Gasteiger partial charge in [-0.05, 0) is 0 Å². The van der Waals surface area contributed by atoms with Gasteiger partial charge in [0.15, 0.2) is 29.1 Å². The second-order valence-electron chi connectivity index (χ2n) is 4.53. The molecule has 0 saturated heterocycles. The molecule has 1 aromatic rings. The average molecular weight is 373 g/mol. The number of carbonyl (C=O) groups excluding carboxylic acids is 2. The molecule has 15 nitrogen and oxygen atoms in total. The number of hydrogen-bond donors (Lipinski definition) is 8. The third-order valence-corrected chi connectivity index (χ3v) is 2.77. The topological polar surface area (TPSA) is 254 Å². The van der Waals surface area contributed by atoms with Crippen LogP contribution in [0.15, 0.2) is 0 Å². The maximum absolute atomic E-state index is 11.9. The van der Waals surface area contributed by atoms with Crippen LogP contribution in [-0.2, 0) is 4.79 Å². The van der Waals surface area contributed by atoms with Crippen LogP contribution in [0.5, 0.6) is 0 Å². The predicted octanol–water partition coefficient (Wildman–Crippen LogP) is -3.61. The van der Waals surface area contributed by atoms with Crippen LogP contribution < -0.4 is 22.2 Å². The summed E-state index contributed by atoms with van der Waals surface area (Å²) in [5, 5.41) is 37.2. The number of carboxylic acids is 1. The van der Waals surface area contributed by atoms with Crippen LogP contribution >= 0.6 is 0 Å². The second-order valence-corrected chi connectivity index (χ2v) is 4.53. The lowest BCUT2D eigenvalue weighted by molar-refractivity contribution is -0.140. The lowest BCUT2D eigenvalue weighted by Crippen LogP contribution is -2.46. The summed E-state index contributed by atoms with van der Waals surface area (Å²) < 4.78 is 0. The van der Waals surface area contributed by atoms with Crippen LogP contribution in [0.3, 0.4) is 0 Å². The van der Waals surface area contributed by atoms with Crippen LogP contribution in [0.25, 0.3) is 0 Å². The maximum atomic E-state index is 11.9. The molecule has 3 amide bonds. The van der Waals surface area contributed by atoms with Gasteiger partial charge < -0.3 is 37.2 Å². The van der Waals surface area contributed by atoms with Crippen LogP contribution in [0, 0.1) is 0 Å². The number of nitrogens with two attached hydrogens (primary N) is 2. The Kier molecular flexibility index (Phi) is 6.57. The highest BCUT2D eigenvalue weighted by Gasteiger charge is 2.25.